The maximum Gasteiger partial charge on any atom is 0.405 e. The van der Waals surface area contributed by atoms with E-state index in [0.29, 0.717) is 29.1 Å². The standard InChI is InChI=1S/C24H31F3N6O2/c1-15(2)21(22(28)34)33(14-24(25,26)27)17-8-16(10-29-11-17)20-13-31-23-19(20)9-18(12-30-23)35-7-5-6-32(3)4/h8-13,15,21H,5-7,14H2,1-4H3,(H2,28,34)(H,30,31)/t21-/m0/s1. The summed E-state index contributed by atoms with van der Waals surface area (Å²) >= 11 is 0. The lowest BCUT2D eigenvalue weighted by Gasteiger charge is -2.34. The number of aromatic nitrogens is 3. The van der Waals surface area contributed by atoms with E-state index in [1.807, 2.05) is 20.2 Å². The summed E-state index contributed by atoms with van der Waals surface area (Å²) in [7, 11) is 3.98. The largest absolute Gasteiger partial charge is 0.492 e. The van der Waals surface area contributed by atoms with E-state index in [4.69, 9.17) is 10.5 Å². The minimum Gasteiger partial charge on any atom is -0.492 e. The molecular formula is C24H31F3N6O2. The second-order valence-electron chi connectivity index (χ2n) is 9.04. The number of primary amides is 1. The van der Waals surface area contributed by atoms with Crippen molar-refractivity contribution < 1.29 is 22.7 Å². The molecule has 3 aromatic heterocycles. The van der Waals surface area contributed by atoms with Gasteiger partial charge in [-0.3, -0.25) is 9.78 Å². The number of carbonyl (C=O) groups is 1. The van der Waals surface area contributed by atoms with Gasteiger partial charge in [-0.15, -0.1) is 0 Å². The Morgan fingerprint density at radius 2 is 1.94 bits per heavy atom. The van der Waals surface area contributed by atoms with Crippen LogP contribution in [-0.2, 0) is 4.79 Å². The highest BCUT2D eigenvalue weighted by Gasteiger charge is 2.37. The summed E-state index contributed by atoms with van der Waals surface area (Å²) in [4.78, 5) is 26.7. The maximum absolute atomic E-state index is 13.4. The molecule has 1 atom stereocenters. The second-order valence-corrected chi connectivity index (χ2v) is 9.04. The van der Waals surface area contributed by atoms with Gasteiger partial charge >= 0.3 is 6.18 Å². The molecule has 3 rings (SSSR count). The number of H-pyrrole nitrogens is 1. The van der Waals surface area contributed by atoms with Gasteiger partial charge in [0.05, 0.1) is 24.7 Å². The zero-order valence-electron chi connectivity index (χ0n) is 20.3. The molecule has 0 unspecified atom stereocenters. The number of ether oxygens (including phenoxy) is 1. The third-order valence-corrected chi connectivity index (χ3v) is 5.50. The van der Waals surface area contributed by atoms with Gasteiger partial charge in [-0.25, -0.2) is 4.98 Å². The second kappa shape index (κ2) is 10.9. The highest BCUT2D eigenvalue weighted by molar-refractivity contribution is 5.94. The number of nitrogens with one attached hydrogen (secondary N) is 1. The SMILES string of the molecule is CC(C)[C@@H](C(N)=O)N(CC(F)(F)F)c1cncc(-c2c[nH]c3ncc(OCCCN(C)C)cc23)c1. The fourth-order valence-electron chi connectivity index (χ4n) is 3.99. The van der Waals surface area contributed by atoms with Crippen molar-refractivity contribution in [2.45, 2.75) is 32.5 Å². The Morgan fingerprint density at radius 1 is 1.20 bits per heavy atom. The van der Waals surface area contributed by atoms with Crippen LogP contribution in [0.1, 0.15) is 20.3 Å². The van der Waals surface area contributed by atoms with Gasteiger partial charge in [0.1, 0.15) is 24.0 Å². The van der Waals surface area contributed by atoms with Crippen LogP contribution >= 0.6 is 0 Å². The van der Waals surface area contributed by atoms with Gasteiger partial charge < -0.3 is 25.3 Å². The van der Waals surface area contributed by atoms with Crippen LogP contribution in [0.25, 0.3) is 22.2 Å². The number of amides is 1. The Bertz CT molecular complexity index is 1150. The lowest BCUT2D eigenvalue weighted by molar-refractivity contribution is -0.126. The highest BCUT2D eigenvalue weighted by atomic mass is 19.4. The number of aromatic amines is 1. The molecule has 3 N–H and O–H groups in total. The van der Waals surface area contributed by atoms with E-state index in [-0.39, 0.29) is 5.69 Å². The van der Waals surface area contributed by atoms with Crippen molar-refractivity contribution in [1.29, 1.82) is 0 Å². The van der Waals surface area contributed by atoms with Gasteiger partial charge in [0.2, 0.25) is 5.91 Å². The van der Waals surface area contributed by atoms with Gasteiger partial charge in [-0.2, -0.15) is 13.2 Å². The molecule has 8 nitrogen and oxygen atoms in total. The third kappa shape index (κ3) is 6.84. The molecule has 0 aromatic carbocycles. The Morgan fingerprint density at radius 3 is 2.57 bits per heavy atom. The molecule has 0 aliphatic heterocycles. The molecule has 0 aliphatic rings. The lowest BCUT2D eigenvalue weighted by Crippen LogP contribution is -2.51. The van der Waals surface area contributed by atoms with E-state index < -0.39 is 30.6 Å². The molecule has 0 aliphatic carbocycles. The van der Waals surface area contributed by atoms with Crippen molar-refractivity contribution >= 4 is 22.6 Å². The molecule has 3 aromatic rings. The molecule has 0 saturated heterocycles. The summed E-state index contributed by atoms with van der Waals surface area (Å²) in [5, 5.41) is 0.742. The number of carbonyl (C=O) groups excluding carboxylic acids is 1. The molecule has 190 valence electrons. The number of rotatable bonds is 11. The van der Waals surface area contributed by atoms with E-state index in [1.165, 1.54) is 6.20 Å². The average molecular weight is 493 g/mol. The summed E-state index contributed by atoms with van der Waals surface area (Å²) in [5.74, 6) is -0.682. The van der Waals surface area contributed by atoms with Crippen molar-refractivity contribution in [3.05, 3.63) is 36.9 Å². The molecule has 1 amide bonds. The Hall–Kier alpha value is -3.34. The number of fused-ring (bicyclic) bond motifs is 1. The number of pyridine rings is 2. The highest BCUT2D eigenvalue weighted by Crippen LogP contribution is 2.33. The number of nitrogens with zero attached hydrogens (tertiary/aromatic N) is 4. The van der Waals surface area contributed by atoms with Crippen LogP contribution in [-0.4, -0.2) is 71.8 Å². The Labute approximate surface area is 202 Å². The molecule has 3 heterocycles. The predicted molar refractivity (Wildman–Crippen MR) is 129 cm³/mol. The smallest absolute Gasteiger partial charge is 0.405 e. The summed E-state index contributed by atoms with van der Waals surface area (Å²) < 4.78 is 46.1. The number of halogens is 3. The van der Waals surface area contributed by atoms with Crippen molar-refractivity contribution in [1.82, 2.24) is 19.9 Å². The zero-order chi connectivity index (χ0) is 25.8. The molecule has 0 spiro atoms. The Balaban J connectivity index is 1.96. The number of nitrogens with two attached hydrogens (primary N) is 1. The summed E-state index contributed by atoms with van der Waals surface area (Å²) in [6.45, 7) is 3.40. The molecule has 0 radical (unpaired) electrons. The predicted octanol–water partition coefficient (Wildman–Crippen LogP) is 3.83. The molecule has 35 heavy (non-hydrogen) atoms. The van der Waals surface area contributed by atoms with Crippen LogP contribution in [0.5, 0.6) is 5.75 Å². The first-order chi connectivity index (χ1) is 16.5. The van der Waals surface area contributed by atoms with Crippen molar-refractivity contribution in [2.75, 3.05) is 38.7 Å². The van der Waals surface area contributed by atoms with E-state index in [9.17, 15) is 18.0 Å². The van der Waals surface area contributed by atoms with E-state index >= 15 is 0 Å². The minimum atomic E-state index is -4.54. The molecule has 0 bridgehead atoms. The van der Waals surface area contributed by atoms with E-state index in [1.54, 1.807) is 38.5 Å². The van der Waals surface area contributed by atoms with E-state index in [2.05, 4.69) is 19.9 Å². The first-order valence-electron chi connectivity index (χ1n) is 11.3. The molecule has 0 fully saturated rings. The summed E-state index contributed by atoms with van der Waals surface area (Å²) in [6.07, 6.45) is 2.51. The monoisotopic (exact) mass is 492 g/mol. The number of hydrogen-bond donors (Lipinski definition) is 2. The summed E-state index contributed by atoms with van der Waals surface area (Å²) in [6, 6.07) is 2.26. The minimum absolute atomic E-state index is 0.149. The normalized spacial score (nSPS) is 12.9. The van der Waals surface area contributed by atoms with Crippen LogP contribution in [0.3, 0.4) is 0 Å². The maximum atomic E-state index is 13.4. The van der Waals surface area contributed by atoms with E-state index in [0.717, 1.165) is 23.3 Å². The molecule has 11 heteroatoms. The summed E-state index contributed by atoms with van der Waals surface area (Å²) in [5.41, 5.74) is 7.51. The topological polar surface area (TPSA) is 100 Å². The van der Waals surface area contributed by atoms with Crippen LogP contribution in [0.2, 0.25) is 0 Å². The number of hydrogen-bond acceptors (Lipinski definition) is 6. The van der Waals surface area contributed by atoms with Crippen LogP contribution in [0, 0.1) is 5.92 Å². The van der Waals surface area contributed by atoms with Crippen molar-refractivity contribution in [2.24, 2.45) is 11.7 Å². The van der Waals surface area contributed by atoms with Gasteiger partial charge in [0.15, 0.2) is 0 Å². The van der Waals surface area contributed by atoms with Crippen LogP contribution < -0.4 is 15.4 Å². The molecule has 0 saturated carbocycles. The first kappa shape index (κ1) is 26.3. The lowest BCUT2D eigenvalue weighted by atomic mass is 10.0. The van der Waals surface area contributed by atoms with Gasteiger partial charge in [-0.05, 0) is 38.6 Å². The Kier molecular flexibility index (Phi) is 8.21. The van der Waals surface area contributed by atoms with Crippen LogP contribution in [0.4, 0.5) is 18.9 Å². The van der Waals surface area contributed by atoms with Crippen molar-refractivity contribution in [3.8, 4) is 16.9 Å². The average Bonchev–Trinajstić information content (AvgIpc) is 3.18. The zero-order valence-corrected chi connectivity index (χ0v) is 20.3. The van der Waals surface area contributed by atoms with Gasteiger partial charge in [-0.1, -0.05) is 13.8 Å². The number of anilines is 1. The quantitative estimate of drug-likeness (QED) is 0.395. The third-order valence-electron chi connectivity index (χ3n) is 5.50. The fourth-order valence-corrected chi connectivity index (χ4v) is 3.99. The molecular weight excluding hydrogens is 461 g/mol. The van der Waals surface area contributed by atoms with Gasteiger partial charge in [0.25, 0.3) is 0 Å². The van der Waals surface area contributed by atoms with Gasteiger partial charge in [0, 0.05) is 35.5 Å². The fraction of sp³-hybridized carbons (Fsp3) is 0.458. The van der Waals surface area contributed by atoms with Crippen molar-refractivity contribution in [3.63, 3.8) is 0 Å². The van der Waals surface area contributed by atoms with Crippen LogP contribution in [0.15, 0.2) is 36.9 Å². The number of alkyl halides is 3. The first-order valence-corrected chi connectivity index (χ1v) is 11.3.